The number of halogens is 2. The van der Waals surface area contributed by atoms with Gasteiger partial charge in [0, 0.05) is 36.7 Å². The van der Waals surface area contributed by atoms with Crippen LogP contribution in [0.5, 0.6) is 0 Å². The van der Waals surface area contributed by atoms with E-state index in [1.165, 1.54) is 5.56 Å². The van der Waals surface area contributed by atoms with Gasteiger partial charge in [-0.3, -0.25) is 4.98 Å². The lowest BCUT2D eigenvalue weighted by atomic mass is 10.2. The average molecular weight is 357 g/mol. The van der Waals surface area contributed by atoms with Gasteiger partial charge in [0.1, 0.15) is 5.82 Å². The molecule has 2 heterocycles. The zero-order chi connectivity index (χ0) is 12.3. The summed E-state index contributed by atoms with van der Waals surface area (Å²) in [7, 11) is 2.02. The van der Waals surface area contributed by atoms with Gasteiger partial charge >= 0.3 is 0 Å². The fourth-order valence-electron chi connectivity index (χ4n) is 1.53. The fourth-order valence-corrected chi connectivity index (χ4v) is 2.82. The van der Waals surface area contributed by atoms with Crippen LogP contribution in [0.15, 0.2) is 45.7 Å². The zero-order valence-electron chi connectivity index (χ0n) is 9.27. The third-order valence-corrected chi connectivity index (χ3v) is 3.34. The first kappa shape index (κ1) is 12.5. The quantitative estimate of drug-likeness (QED) is 0.840. The molecule has 0 saturated heterocycles. The maximum absolute atomic E-state index is 4.39. The lowest BCUT2D eigenvalue weighted by Crippen LogP contribution is -2.18. The summed E-state index contributed by atoms with van der Waals surface area (Å²) in [5.41, 5.74) is 1.21. The number of anilines is 1. The first-order valence-electron chi connectivity index (χ1n) is 5.08. The first-order valence-corrected chi connectivity index (χ1v) is 6.66. The van der Waals surface area contributed by atoms with Crippen LogP contribution >= 0.6 is 31.9 Å². The molecule has 2 aromatic heterocycles. The molecule has 0 bridgehead atoms. The van der Waals surface area contributed by atoms with Crippen molar-refractivity contribution >= 4 is 37.7 Å². The Hall–Kier alpha value is -0.940. The zero-order valence-corrected chi connectivity index (χ0v) is 12.4. The van der Waals surface area contributed by atoms with Gasteiger partial charge in [0.2, 0.25) is 0 Å². The minimum Gasteiger partial charge on any atom is -0.354 e. The van der Waals surface area contributed by atoms with Crippen LogP contribution in [0.25, 0.3) is 0 Å². The number of aromatic nitrogens is 2. The highest BCUT2D eigenvalue weighted by Gasteiger charge is 2.08. The van der Waals surface area contributed by atoms with E-state index in [1.54, 1.807) is 18.6 Å². The summed E-state index contributed by atoms with van der Waals surface area (Å²) in [4.78, 5) is 10.5. The normalized spacial score (nSPS) is 10.3. The van der Waals surface area contributed by atoms with Crippen molar-refractivity contribution in [2.24, 2.45) is 0 Å². The van der Waals surface area contributed by atoms with Crippen molar-refractivity contribution in [3.8, 4) is 0 Å². The maximum Gasteiger partial charge on any atom is 0.142 e. The van der Waals surface area contributed by atoms with Crippen LogP contribution in [0, 0.1) is 0 Å². The van der Waals surface area contributed by atoms with E-state index >= 15 is 0 Å². The Morgan fingerprint density at radius 1 is 1.24 bits per heavy atom. The molecule has 0 aliphatic carbocycles. The van der Waals surface area contributed by atoms with Gasteiger partial charge < -0.3 is 4.90 Å². The summed E-state index contributed by atoms with van der Waals surface area (Å²) in [5.74, 6) is 0.921. The molecule has 0 amide bonds. The molecular weight excluding hydrogens is 346 g/mol. The SMILES string of the molecule is CN(Cc1ccncc1)c1ncc(Br)cc1Br. The van der Waals surface area contributed by atoms with Gasteiger partial charge in [-0.05, 0) is 55.6 Å². The van der Waals surface area contributed by atoms with Gasteiger partial charge in [-0.25, -0.2) is 4.98 Å². The van der Waals surface area contributed by atoms with Gasteiger partial charge in [-0.15, -0.1) is 0 Å². The Morgan fingerprint density at radius 2 is 1.94 bits per heavy atom. The molecule has 0 spiro atoms. The predicted molar refractivity (Wildman–Crippen MR) is 76.0 cm³/mol. The van der Waals surface area contributed by atoms with Crippen molar-refractivity contribution in [3.63, 3.8) is 0 Å². The van der Waals surface area contributed by atoms with Crippen molar-refractivity contribution in [2.45, 2.75) is 6.54 Å². The van der Waals surface area contributed by atoms with Crippen molar-refractivity contribution < 1.29 is 0 Å². The molecule has 3 nitrogen and oxygen atoms in total. The van der Waals surface area contributed by atoms with E-state index in [0.29, 0.717) is 0 Å². The van der Waals surface area contributed by atoms with Crippen molar-refractivity contribution in [3.05, 3.63) is 51.3 Å². The second-order valence-corrected chi connectivity index (χ2v) is 5.44. The Labute approximate surface area is 117 Å². The molecule has 0 aliphatic heterocycles. The molecule has 0 aromatic carbocycles. The second-order valence-electron chi connectivity index (χ2n) is 3.67. The van der Waals surface area contributed by atoms with Crippen LogP contribution < -0.4 is 4.90 Å². The van der Waals surface area contributed by atoms with Crippen molar-refractivity contribution in [2.75, 3.05) is 11.9 Å². The molecule has 88 valence electrons. The number of hydrogen-bond donors (Lipinski definition) is 0. The van der Waals surface area contributed by atoms with E-state index in [0.717, 1.165) is 21.3 Å². The molecule has 0 atom stereocenters. The van der Waals surface area contributed by atoms with Crippen LogP contribution in [-0.4, -0.2) is 17.0 Å². The first-order chi connectivity index (χ1) is 8.16. The van der Waals surface area contributed by atoms with E-state index in [1.807, 2.05) is 25.2 Å². The minimum atomic E-state index is 0.801. The van der Waals surface area contributed by atoms with Gasteiger partial charge in [-0.1, -0.05) is 0 Å². The summed E-state index contributed by atoms with van der Waals surface area (Å²) < 4.78 is 1.94. The van der Waals surface area contributed by atoms with Crippen LogP contribution in [0.4, 0.5) is 5.82 Å². The molecule has 5 heteroatoms. The van der Waals surface area contributed by atoms with Crippen LogP contribution in [0.2, 0.25) is 0 Å². The Bertz CT molecular complexity index is 502. The highest BCUT2D eigenvalue weighted by Crippen LogP contribution is 2.26. The monoisotopic (exact) mass is 355 g/mol. The van der Waals surface area contributed by atoms with Gasteiger partial charge in [0.05, 0.1) is 4.47 Å². The third kappa shape index (κ3) is 3.26. The van der Waals surface area contributed by atoms with E-state index in [2.05, 4.69) is 46.7 Å². The van der Waals surface area contributed by atoms with Crippen LogP contribution in [-0.2, 0) is 6.54 Å². The Morgan fingerprint density at radius 3 is 2.59 bits per heavy atom. The topological polar surface area (TPSA) is 29.0 Å². The number of hydrogen-bond acceptors (Lipinski definition) is 3. The summed E-state index contributed by atoms with van der Waals surface area (Å²) in [6.07, 6.45) is 5.39. The molecule has 0 saturated carbocycles. The lowest BCUT2D eigenvalue weighted by Gasteiger charge is -2.19. The summed E-state index contributed by atoms with van der Waals surface area (Å²) in [6, 6.07) is 6.00. The van der Waals surface area contributed by atoms with Crippen LogP contribution in [0.1, 0.15) is 5.56 Å². The summed E-state index contributed by atoms with van der Waals surface area (Å²) in [5, 5.41) is 0. The smallest absolute Gasteiger partial charge is 0.142 e. The maximum atomic E-state index is 4.39. The van der Waals surface area contributed by atoms with E-state index in [-0.39, 0.29) is 0 Å². The predicted octanol–water partition coefficient (Wildman–Crippen LogP) is 3.64. The highest BCUT2D eigenvalue weighted by molar-refractivity contribution is 9.11. The Balaban J connectivity index is 2.17. The lowest BCUT2D eigenvalue weighted by molar-refractivity contribution is 0.890. The molecule has 17 heavy (non-hydrogen) atoms. The van der Waals surface area contributed by atoms with Crippen LogP contribution in [0.3, 0.4) is 0 Å². The summed E-state index contributed by atoms with van der Waals surface area (Å²) >= 11 is 6.91. The van der Waals surface area contributed by atoms with Gasteiger partial charge in [0.25, 0.3) is 0 Å². The van der Waals surface area contributed by atoms with Crippen molar-refractivity contribution in [1.29, 1.82) is 0 Å². The highest BCUT2D eigenvalue weighted by atomic mass is 79.9. The molecular formula is C12H11Br2N3. The fraction of sp³-hybridized carbons (Fsp3) is 0.167. The van der Waals surface area contributed by atoms with Gasteiger partial charge in [0.15, 0.2) is 0 Å². The molecule has 2 rings (SSSR count). The molecule has 0 radical (unpaired) electrons. The molecule has 0 unspecified atom stereocenters. The van der Waals surface area contributed by atoms with E-state index in [9.17, 15) is 0 Å². The Kier molecular flexibility index (Phi) is 4.12. The van der Waals surface area contributed by atoms with Gasteiger partial charge in [-0.2, -0.15) is 0 Å². The minimum absolute atomic E-state index is 0.801. The third-order valence-electron chi connectivity index (χ3n) is 2.32. The number of pyridine rings is 2. The largest absolute Gasteiger partial charge is 0.354 e. The second kappa shape index (κ2) is 5.60. The number of rotatable bonds is 3. The molecule has 0 N–H and O–H groups in total. The summed E-state index contributed by atoms with van der Waals surface area (Å²) in [6.45, 7) is 0.801. The van der Waals surface area contributed by atoms with Crippen molar-refractivity contribution in [1.82, 2.24) is 9.97 Å². The molecule has 0 aliphatic rings. The standard InChI is InChI=1S/C12H11Br2N3/c1-17(8-9-2-4-15-5-3-9)12-11(14)6-10(13)7-16-12/h2-7H,8H2,1H3. The molecule has 2 aromatic rings. The van der Waals surface area contributed by atoms with E-state index < -0.39 is 0 Å². The molecule has 0 fully saturated rings. The number of nitrogens with zero attached hydrogens (tertiary/aromatic N) is 3. The van der Waals surface area contributed by atoms with E-state index in [4.69, 9.17) is 0 Å². The average Bonchev–Trinajstić information content (AvgIpc) is 2.30.